The van der Waals surface area contributed by atoms with Crippen LogP contribution in [-0.2, 0) is 4.79 Å². The first kappa shape index (κ1) is 15.6. The van der Waals surface area contributed by atoms with E-state index in [1.54, 1.807) is 13.3 Å². The van der Waals surface area contributed by atoms with E-state index in [1.807, 2.05) is 30.5 Å². The van der Waals surface area contributed by atoms with E-state index in [4.69, 9.17) is 4.74 Å². The predicted molar refractivity (Wildman–Crippen MR) is 88.6 cm³/mol. The van der Waals surface area contributed by atoms with Crippen molar-refractivity contribution in [3.05, 3.63) is 42.5 Å². The first-order chi connectivity index (χ1) is 11.2. The number of aromatic nitrogens is 2. The molecule has 0 spiro atoms. The first-order valence-electron chi connectivity index (χ1n) is 7.90. The van der Waals surface area contributed by atoms with Crippen molar-refractivity contribution in [1.82, 2.24) is 14.9 Å². The number of aromatic amines is 1. The van der Waals surface area contributed by atoms with Gasteiger partial charge in [-0.3, -0.25) is 9.69 Å². The number of methoxy groups -OCH3 is 1. The van der Waals surface area contributed by atoms with Gasteiger partial charge in [0.25, 0.3) is 0 Å². The number of amides is 1. The number of nitrogens with zero attached hydrogens (tertiary/aromatic N) is 2. The summed E-state index contributed by atoms with van der Waals surface area (Å²) in [5.74, 6) is 2.19. The van der Waals surface area contributed by atoms with Gasteiger partial charge in [0, 0.05) is 30.5 Å². The number of hydrogen-bond donors (Lipinski definition) is 2. The molecule has 1 aliphatic rings. The fourth-order valence-electron chi connectivity index (χ4n) is 3.00. The molecule has 1 aliphatic heterocycles. The fourth-order valence-corrected chi connectivity index (χ4v) is 3.00. The SMILES string of the molecule is COc1ccc(NC(=O)CN2CCCC(c3ncc[nH]3)C2)cc1. The van der Waals surface area contributed by atoms with Crippen molar-refractivity contribution in [3.8, 4) is 5.75 Å². The summed E-state index contributed by atoms with van der Waals surface area (Å²) in [6.45, 7) is 2.22. The second-order valence-electron chi connectivity index (χ2n) is 5.83. The average molecular weight is 314 g/mol. The Balaban J connectivity index is 1.52. The molecule has 6 nitrogen and oxygen atoms in total. The summed E-state index contributed by atoms with van der Waals surface area (Å²) >= 11 is 0. The standard InChI is InChI=1S/C17H22N4O2/c1-23-15-6-4-14(5-7-15)20-16(22)12-21-10-2-3-13(11-21)17-18-8-9-19-17/h4-9,13H,2-3,10-12H2,1H3,(H,18,19)(H,20,22). The third-order valence-corrected chi connectivity index (χ3v) is 4.15. The highest BCUT2D eigenvalue weighted by atomic mass is 16.5. The second kappa shape index (κ2) is 7.28. The molecule has 2 N–H and O–H groups in total. The van der Waals surface area contributed by atoms with E-state index in [-0.39, 0.29) is 5.91 Å². The van der Waals surface area contributed by atoms with E-state index in [0.29, 0.717) is 12.5 Å². The van der Waals surface area contributed by atoms with Gasteiger partial charge in [0.05, 0.1) is 13.7 Å². The lowest BCUT2D eigenvalue weighted by molar-refractivity contribution is -0.117. The van der Waals surface area contributed by atoms with E-state index in [9.17, 15) is 4.79 Å². The number of nitrogens with one attached hydrogen (secondary N) is 2. The van der Waals surface area contributed by atoms with Gasteiger partial charge in [0.15, 0.2) is 0 Å². The molecule has 0 saturated carbocycles. The summed E-state index contributed by atoms with van der Waals surface area (Å²) in [5.41, 5.74) is 0.787. The summed E-state index contributed by atoms with van der Waals surface area (Å²) in [5, 5.41) is 2.93. The molecule has 1 atom stereocenters. The molecule has 23 heavy (non-hydrogen) atoms. The van der Waals surface area contributed by atoms with Crippen LogP contribution in [0.1, 0.15) is 24.6 Å². The van der Waals surface area contributed by atoms with Gasteiger partial charge in [-0.2, -0.15) is 0 Å². The zero-order valence-electron chi connectivity index (χ0n) is 13.3. The number of anilines is 1. The molecule has 0 aliphatic carbocycles. The zero-order chi connectivity index (χ0) is 16.1. The molecule has 2 heterocycles. The van der Waals surface area contributed by atoms with Crippen LogP contribution in [0.25, 0.3) is 0 Å². The van der Waals surface area contributed by atoms with Gasteiger partial charge in [-0.25, -0.2) is 4.98 Å². The number of H-pyrrole nitrogens is 1. The van der Waals surface area contributed by atoms with Gasteiger partial charge < -0.3 is 15.0 Å². The van der Waals surface area contributed by atoms with Crippen molar-refractivity contribution >= 4 is 11.6 Å². The summed E-state index contributed by atoms with van der Waals surface area (Å²) in [6.07, 6.45) is 5.83. The Bertz CT molecular complexity index is 625. The third kappa shape index (κ3) is 4.10. The zero-order valence-corrected chi connectivity index (χ0v) is 13.3. The number of imidazole rings is 1. The Morgan fingerprint density at radius 1 is 1.43 bits per heavy atom. The third-order valence-electron chi connectivity index (χ3n) is 4.15. The molecule has 1 aromatic heterocycles. The van der Waals surface area contributed by atoms with Crippen LogP contribution in [0.2, 0.25) is 0 Å². The number of piperidine rings is 1. The minimum absolute atomic E-state index is 0.00950. The van der Waals surface area contributed by atoms with Gasteiger partial charge in [0.2, 0.25) is 5.91 Å². The van der Waals surface area contributed by atoms with Crippen molar-refractivity contribution in [2.75, 3.05) is 32.1 Å². The van der Waals surface area contributed by atoms with Crippen LogP contribution in [-0.4, -0.2) is 47.5 Å². The normalized spacial score (nSPS) is 18.6. The smallest absolute Gasteiger partial charge is 0.238 e. The van der Waals surface area contributed by atoms with Crippen molar-refractivity contribution in [2.45, 2.75) is 18.8 Å². The number of carbonyl (C=O) groups excluding carboxylic acids is 1. The minimum atomic E-state index is 0.00950. The molecule has 0 radical (unpaired) electrons. The van der Waals surface area contributed by atoms with Crippen LogP contribution in [0.5, 0.6) is 5.75 Å². The fraction of sp³-hybridized carbons (Fsp3) is 0.412. The molecular weight excluding hydrogens is 292 g/mol. The number of likely N-dealkylation sites (tertiary alicyclic amines) is 1. The number of benzene rings is 1. The number of rotatable bonds is 5. The molecule has 1 fully saturated rings. The summed E-state index contributed by atoms with van der Waals surface area (Å²) in [7, 11) is 1.62. The molecule has 1 saturated heterocycles. The van der Waals surface area contributed by atoms with Gasteiger partial charge in [-0.05, 0) is 43.7 Å². The highest BCUT2D eigenvalue weighted by Gasteiger charge is 2.24. The van der Waals surface area contributed by atoms with Crippen LogP contribution in [0.15, 0.2) is 36.7 Å². The highest BCUT2D eigenvalue weighted by Crippen LogP contribution is 2.24. The van der Waals surface area contributed by atoms with E-state index >= 15 is 0 Å². The molecule has 0 bridgehead atoms. The van der Waals surface area contributed by atoms with Crippen molar-refractivity contribution in [3.63, 3.8) is 0 Å². The second-order valence-corrected chi connectivity index (χ2v) is 5.83. The van der Waals surface area contributed by atoms with Crippen LogP contribution in [0.4, 0.5) is 5.69 Å². The van der Waals surface area contributed by atoms with Gasteiger partial charge in [0.1, 0.15) is 11.6 Å². The Labute approximate surface area is 135 Å². The first-order valence-corrected chi connectivity index (χ1v) is 7.90. The lowest BCUT2D eigenvalue weighted by Crippen LogP contribution is -2.40. The maximum absolute atomic E-state index is 12.2. The monoisotopic (exact) mass is 314 g/mol. The predicted octanol–water partition coefficient (Wildman–Crippen LogP) is 2.24. The minimum Gasteiger partial charge on any atom is -0.497 e. The molecule has 1 aromatic carbocycles. The molecular formula is C17H22N4O2. The maximum Gasteiger partial charge on any atom is 0.238 e. The lowest BCUT2D eigenvalue weighted by Gasteiger charge is -2.31. The van der Waals surface area contributed by atoms with Crippen molar-refractivity contribution in [2.24, 2.45) is 0 Å². The number of ether oxygens (including phenoxy) is 1. The number of hydrogen-bond acceptors (Lipinski definition) is 4. The van der Waals surface area contributed by atoms with Gasteiger partial charge >= 0.3 is 0 Å². The topological polar surface area (TPSA) is 70.2 Å². The maximum atomic E-state index is 12.2. The van der Waals surface area contributed by atoms with Crippen LogP contribution >= 0.6 is 0 Å². The Morgan fingerprint density at radius 2 is 2.26 bits per heavy atom. The lowest BCUT2D eigenvalue weighted by atomic mass is 9.97. The van der Waals surface area contributed by atoms with Crippen LogP contribution < -0.4 is 10.1 Å². The van der Waals surface area contributed by atoms with E-state index in [1.165, 1.54) is 0 Å². The van der Waals surface area contributed by atoms with Crippen LogP contribution in [0, 0.1) is 0 Å². The van der Waals surface area contributed by atoms with Crippen molar-refractivity contribution in [1.29, 1.82) is 0 Å². The molecule has 2 aromatic rings. The van der Waals surface area contributed by atoms with Gasteiger partial charge in [-0.15, -0.1) is 0 Å². The summed E-state index contributed by atoms with van der Waals surface area (Å²) < 4.78 is 5.11. The summed E-state index contributed by atoms with van der Waals surface area (Å²) in [6, 6.07) is 7.37. The van der Waals surface area contributed by atoms with E-state index in [2.05, 4.69) is 20.2 Å². The summed E-state index contributed by atoms with van der Waals surface area (Å²) in [4.78, 5) is 21.9. The molecule has 1 amide bonds. The molecule has 6 heteroatoms. The largest absolute Gasteiger partial charge is 0.497 e. The van der Waals surface area contributed by atoms with E-state index < -0.39 is 0 Å². The van der Waals surface area contributed by atoms with Crippen molar-refractivity contribution < 1.29 is 9.53 Å². The van der Waals surface area contributed by atoms with Crippen LogP contribution in [0.3, 0.4) is 0 Å². The van der Waals surface area contributed by atoms with Gasteiger partial charge in [-0.1, -0.05) is 0 Å². The highest BCUT2D eigenvalue weighted by molar-refractivity contribution is 5.92. The Hall–Kier alpha value is -2.34. The van der Waals surface area contributed by atoms with E-state index in [0.717, 1.165) is 43.2 Å². The Kier molecular flexibility index (Phi) is 4.92. The molecule has 3 rings (SSSR count). The Morgan fingerprint density at radius 3 is 2.96 bits per heavy atom. The average Bonchev–Trinajstić information content (AvgIpc) is 3.10. The molecule has 1 unspecified atom stereocenters. The quantitative estimate of drug-likeness (QED) is 0.888. The molecule has 122 valence electrons. The number of carbonyl (C=O) groups is 1.